The number of anilines is 2. The first kappa shape index (κ1) is 22.9. The number of nitrogens with zero attached hydrogens (tertiary/aromatic N) is 2. The monoisotopic (exact) mass is 490 g/mol. The fourth-order valence-electron chi connectivity index (χ4n) is 3.46. The lowest BCUT2D eigenvalue weighted by Gasteiger charge is -2.32. The molecule has 0 radical (unpaired) electrons. The molecule has 2 aromatic rings. The van der Waals surface area contributed by atoms with Gasteiger partial charge in [0, 0.05) is 18.7 Å². The van der Waals surface area contributed by atoms with Crippen molar-refractivity contribution in [2.24, 2.45) is 11.7 Å². The third-order valence-electron chi connectivity index (χ3n) is 5.10. The van der Waals surface area contributed by atoms with E-state index in [1.165, 1.54) is 7.11 Å². The molecule has 1 saturated heterocycles. The number of methoxy groups -OCH3 is 1. The van der Waals surface area contributed by atoms with E-state index >= 15 is 0 Å². The highest BCUT2D eigenvalue weighted by Crippen LogP contribution is 2.37. The molecule has 1 aromatic heterocycles. The molecule has 2 amide bonds. The molecular weight excluding hydrogens is 464 g/mol. The average molecular weight is 491 g/mol. The van der Waals surface area contributed by atoms with Gasteiger partial charge in [-0.25, -0.2) is 4.98 Å². The Labute approximate surface area is 190 Å². The fraction of sp³-hybridized carbons (Fsp3) is 0.409. The molecule has 1 fully saturated rings. The van der Waals surface area contributed by atoms with E-state index in [1.54, 1.807) is 24.4 Å². The average Bonchev–Trinajstić information content (AvgIpc) is 2.78. The lowest BCUT2D eigenvalue weighted by atomic mass is 9.97. The van der Waals surface area contributed by atoms with Gasteiger partial charge in [-0.05, 0) is 59.5 Å². The molecule has 0 aliphatic carbocycles. The minimum Gasteiger partial charge on any atom is -0.493 e. The highest BCUT2D eigenvalue weighted by Gasteiger charge is 2.24. The van der Waals surface area contributed by atoms with Crippen LogP contribution in [-0.4, -0.2) is 43.6 Å². The van der Waals surface area contributed by atoms with Gasteiger partial charge in [-0.3, -0.25) is 9.59 Å². The maximum absolute atomic E-state index is 12.7. The van der Waals surface area contributed by atoms with Crippen molar-refractivity contribution in [3.8, 4) is 11.5 Å². The Kier molecular flexibility index (Phi) is 7.73. The van der Waals surface area contributed by atoms with Crippen molar-refractivity contribution in [2.75, 3.05) is 37.0 Å². The van der Waals surface area contributed by atoms with Crippen molar-refractivity contribution in [1.82, 2.24) is 4.98 Å². The number of nitrogens with two attached hydrogens (primary N) is 1. The molecule has 0 saturated carbocycles. The van der Waals surface area contributed by atoms with E-state index < -0.39 is 0 Å². The number of carbonyl (C=O) groups excluding carboxylic acids is 2. The molecular formula is C22H27BrN4O4. The summed E-state index contributed by atoms with van der Waals surface area (Å²) in [6.45, 7) is 3.95. The SMILES string of the molecule is CCCOc1c(Br)cc(C(=O)Nc2ccc(N3CCCC(C(N)=O)C3)nc2)cc1OC. The van der Waals surface area contributed by atoms with Crippen LogP contribution in [0.1, 0.15) is 36.5 Å². The normalized spacial score (nSPS) is 16.0. The Balaban J connectivity index is 1.69. The highest BCUT2D eigenvalue weighted by atomic mass is 79.9. The van der Waals surface area contributed by atoms with Crippen molar-refractivity contribution in [2.45, 2.75) is 26.2 Å². The summed E-state index contributed by atoms with van der Waals surface area (Å²) in [5, 5.41) is 2.85. The second kappa shape index (κ2) is 10.5. The van der Waals surface area contributed by atoms with Gasteiger partial charge in [-0.1, -0.05) is 6.92 Å². The number of halogens is 1. The Hall–Kier alpha value is -2.81. The van der Waals surface area contributed by atoms with Crippen LogP contribution in [0.2, 0.25) is 0 Å². The van der Waals surface area contributed by atoms with E-state index in [9.17, 15) is 9.59 Å². The van der Waals surface area contributed by atoms with Crippen LogP contribution in [0, 0.1) is 5.92 Å². The number of benzene rings is 1. The van der Waals surface area contributed by atoms with Crippen LogP contribution >= 0.6 is 15.9 Å². The summed E-state index contributed by atoms with van der Waals surface area (Å²) in [5.41, 5.74) is 6.45. The molecule has 1 atom stereocenters. The van der Waals surface area contributed by atoms with Gasteiger partial charge < -0.3 is 25.4 Å². The summed E-state index contributed by atoms with van der Waals surface area (Å²) in [6, 6.07) is 6.96. The van der Waals surface area contributed by atoms with Crippen LogP contribution in [0.25, 0.3) is 0 Å². The molecule has 1 aromatic carbocycles. The van der Waals surface area contributed by atoms with Gasteiger partial charge >= 0.3 is 0 Å². The minimum absolute atomic E-state index is 0.160. The van der Waals surface area contributed by atoms with E-state index in [4.69, 9.17) is 15.2 Å². The first-order valence-electron chi connectivity index (χ1n) is 10.2. The van der Waals surface area contributed by atoms with Gasteiger partial charge in [0.15, 0.2) is 11.5 Å². The molecule has 9 heteroatoms. The van der Waals surface area contributed by atoms with Crippen molar-refractivity contribution in [3.05, 3.63) is 40.5 Å². The Bertz CT molecular complexity index is 936. The molecule has 3 rings (SSSR count). The third-order valence-corrected chi connectivity index (χ3v) is 5.68. The van der Waals surface area contributed by atoms with Crippen molar-refractivity contribution >= 4 is 39.2 Å². The lowest BCUT2D eigenvalue weighted by molar-refractivity contribution is -0.122. The van der Waals surface area contributed by atoms with E-state index in [2.05, 4.69) is 26.2 Å². The van der Waals surface area contributed by atoms with Gasteiger partial charge in [0.2, 0.25) is 5.91 Å². The molecule has 2 heterocycles. The van der Waals surface area contributed by atoms with E-state index in [0.717, 1.165) is 31.6 Å². The second-order valence-electron chi connectivity index (χ2n) is 7.38. The summed E-state index contributed by atoms with van der Waals surface area (Å²) >= 11 is 3.46. The summed E-state index contributed by atoms with van der Waals surface area (Å²) < 4.78 is 11.7. The Morgan fingerprint density at radius 1 is 1.35 bits per heavy atom. The number of pyridine rings is 1. The minimum atomic E-state index is -0.289. The number of carbonyl (C=O) groups is 2. The van der Waals surface area contributed by atoms with E-state index in [1.807, 2.05) is 17.9 Å². The molecule has 0 spiro atoms. The topological polar surface area (TPSA) is 107 Å². The van der Waals surface area contributed by atoms with E-state index in [0.29, 0.717) is 40.4 Å². The fourth-order valence-corrected chi connectivity index (χ4v) is 4.02. The van der Waals surface area contributed by atoms with Crippen molar-refractivity contribution in [1.29, 1.82) is 0 Å². The van der Waals surface area contributed by atoms with Gasteiger partial charge in [-0.15, -0.1) is 0 Å². The molecule has 8 nitrogen and oxygen atoms in total. The van der Waals surface area contributed by atoms with Crippen LogP contribution in [0.4, 0.5) is 11.5 Å². The van der Waals surface area contributed by atoms with Crippen molar-refractivity contribution in [3.63, 3.8) is 0 Å². The standard InChI is InChI=1S/C22H27BrN4O4/c1-3-9-31-20-17(23)10-15(11-18(20)30-2)22(29)26-16-6-7-19(25-12-16)27-8-4-5-14(13-27)21(24)28/h6-7,10-12,14H,3-5,8-9,13H2,1-2H3,(H2,24,28)(H,26,29). The van der Waals surface area contributed by atoms with Crippen LogP contribution < -0.4 is 25.4 Å². The van der Waals surface area contributed by atoms with Gasteiger partial charge in [0.05, 0.1) is 36.0 Å². The third kappa shape index (κ3) is 5.66. The number of nitrogens with one attached hydrogen (secondary N) is 1. The van der Waals surface area contributed by atoms with Gasteiger partial charge in [-0.2, -0.15) is 0 Å². The molecule has 1 aliphatic heterocycles. The largest absolute Gasteiger partial charge is 0.493 e. The number of primary amides is 1. The summed E-state index contributed by atoms with van der Waals surface area (Å²) in [7, 11) is 1.54. The molecule has 3 N–H and O–H groups in total. The van der Waals surface area contributed by atoms with Gasteiger partial charge in [0.25, 0.3) is 5.91 Å². The van der Waals surface area contributed by atoms with Gasteiger partial charge in [0.1, 0.15) is 5.82 Å². The van der Waals surface area contributed by atoms with Crippen molar-refractivity contribution < 1.29 is 19.1 Å². The number of amides is 2. The van der Waals surface area contributed by atoms with E-state index in [-0.39, 0.29) is 17.7 Å². The molecule has 1 unspecified atom stereocenters. The zero-order chi connectivity index (χ0) is 22.4. The predicted octanol–water partition coefficient (Wildman–Crippen LogP) is 3.60. The maximum Gasteiger partial charge on any atom is 0.255 e. The first-order chi connectivity index (χ1) is 14.9. The lowest BCUT2D eigenvalue weighted by Crippen LogP contribution is -2.41. The number of ether oxygens (including phenoxy) is 2. The molecule has 0 bridgehead atoms. The molecule has 166 valence electrons. The Morgan fingerprint density at radius 2 is 2.16 bits per heavy atom. The number of hydrogen-bond donors (Lipinski definition) is 2. The van der Waals surface area contributed by atoms with Crippen LogP contribution in [-0.2, 0) is 4.79 Å². The Morgan fingerprint density at radius 3 is 2.81 bits per heavy atom. The number of rotatable bonds is 8. The summed E-state index contributed by atoms with van der Waals surface area (Å²) in [5.74, 6) is 1.08. The number of hydrogen-bond acceptors (Lipinski definition) is 6. The number of aromatic nitrogens is 1. The zero-order valence-electron chi connectivity index (χ0n) is 17.7. The highest BCUT2D eigenvalue weighted by molar-refractivity contribution is 9.10. The maximum atomic E-state index is 12.7. The van der Waals surface area contributed by atoms with Crippen LogP contribution in [0.15, 0.2) is 34.9 Å². The quantitative estimate of drug-likeness (QED) is 0.585. The predicted molar refractivity (Wildman–Crippen MR) is 123 cm³/mol. The second-order valence-corrected chi connectivity index (χ2v) is 8.24. The zero-order valence-corrected chi connectivity index (χ0v) is 19.3. The first-order valence-corrected chi connectivity index (χ1v) is 11.0. The van der Waals surface area contributed by atoms with Crippen LogP contribution in [0.3, 0.4) is 0 Å². The molecule has 31 heavy (non-hydrogen) atoms. The summed E-state index contributed by atoms with van der Waals surface area (Å²) in [4.78, 5) is 30.7. The molecule has 1 aliphatic rings. The number of piperidine rings is 1. The van der Waals surface area contributed by atoms with Crippen LogP contribution in [0.5, 0.6) is 11.5 Å². The smallest absolute Gasteiger partial charge is 0.255 e. The summed E-state index contributed by atoms with van der Waals surface area (Å²) in [6.07, 6.45) is 4.16.